The maximum Gasteiger partial charge on any atom is 0.179 e. The van der Waals surface area contributed by atoms with Crippen LogP contribution in [0.25, 0.3) is 0 Å². The molecular formula is C15H22ClNOS. The summed E-state index contributed by atoms with van der Waals surface area (Å²) in [5.74, 6) is 0.110. The van der Waals surface area contributed by atoms with E-state index in [1.807, 2.05) is 17.8 Å². The predicted molar refractivity (Wildman–Crippen MR) is 83.8 cm³/mol. The van der Waals surface area contributed by atoms with E-state index in [-0.39, 0.29) is 11.7 Å². The number of alkyl halides is 1. The first-order valence-electron chi connectivity index (χ1n) is 6.90. The highest BCUT2D eigenvalue weighted by molar-refractivity contribution is 7.99. The molecule has 2 unspecified atom stereocenters. The molecule has 2 rings (SSSR count). The lowest BCUT2D eigenvalue weighted by atomic mass is 9.94. The molecule has 0 N–H and O–H groups in total. The van der Waals surface area contributed by atoms with Crippen molar-refractivity contribution in [3.05, 3.63) is 23.0 Å². The summed E-state index contributed by atoms with van der Waals surface area (Å²) >= 11 is 7.66. The van der Waals surface area contributed by atoms with Crippen molar-refractivity contribution in [3.8, 4) is 0 Å². The molecule has 1 aromatic rings. The molecule has 0 radical (unpaired) electrons. The Labute approximate surface area is 124 Å². The minimum atomic E-state index is 0.0394. The molecule has 2 nitrogen and oxygen atoms in total. The lowest BCUT2D eigenvalue weighted by molar-refractivity contribution is 0.102. The summed E-state index contributed by atoms with van der Waals surface area (Å²) in [7, 11) is 0. The average molecular weight is 300 g/mol. The van der Waals surface area contributed by atoms with E-state index in [1.165, 1.54) is 31.4 Å². The van der Waals surface area contributed by atoms with Crippen molar-refractivity contribution in [1.82, 2.24) is 4.57 Å². The van der Waals surface area contributed by atoms with Gasteiger partial charge < -0.3 is 4.57 Å². The molecule has 1 fully saturated rings. The van der Waals surface area contributed by atoms with E-state index < -0.39 is 0 Å². The van der Waals surface area contributed by atoms with Crippen LogP contribution in [0.1, 0.15) is 53.5 Å². The van der Waals surface area contributed by atoms with Crippen LogP contribution in [0.5, 0.6) is 0 Å². The molecule has 0 spiro atoms. The number of aryl methyl sites for hydroxylation is 1. The molecule has 1 aliphatic carbocycles. The molecule has 2 atom stereocenters. The van der Waals surface area contributed by atoms with Crippen molar-refractivity contribution < 1.29 is 4.79 Å². The van der Waals surface area contributed by atoms with Crippen molar-refractivity contribution >= 4 is 29.1 Å². The first-order chi connectivity index (χ1) is 9.10. The monoisotopic (exact) mass is 299 g/mol. The van der Waals surface area contributed by atoms with E-state index in [1.54, 1.807) is 0 Å². The quantitative estimate of drug-likeness (QED) is 0.608. The Bertz CT molecular complexity index is 469. The second-order valence-corrected chi connectivity index (χ2v) is 6.68. The van der Waals surface area contributed by atoms with Crippen LogP contribution in [0.4, 0.5) is 0 Å². The van der Waals surface area contributed by atoms with Gasteiger partial charge >= 0.3 is 0 Å². The van der Waals surface area contributed by atoms with Crippen LogP contribution in [0.3, 0.4) is 0 Å². The predicted octanol–water partition coefficient (Wildman–Crippen LogP) is 4.37. The summed E-state index contributed by atoms with van der Waals surface area (Å²) in [6, 6.07) is 2.53. The van der Waals surface area contributed by atoms with E-state index in [9.17, 15) is 4.79 Å². The maximum absolute atomic E-state index is 11.9. The molecule has 0 amide bonds. The minimum absolute atomic E-state index is 0.0394. The van der Waals surface area contributed by atoms with Crippen molar-refractivity contribution in [2.75, 3.05) is 12.1 Å². The smallest absolute Gasteiger partial charge is 0.179 e. The van der Waals surface area contributed by atoms with Crippen molar-refractivity contribution in [1.29, 1.82) is 0 Å². The molecule has 4 heteroatoms. The molecule has 0 aliphatic heterocycles. The van der Waals surface area contributed by atoms with Crippen LogP contribution in [0.2, 0.25) is 0 Å². The molecule has 0 aromatic carbocycles. The first-order valence-corrected chi connectivity index (χ1v) is 8.72. The van der Waals surface area contributed by atoms with Crippen LogP contribution in [0.15, 0.2) is 6.07 Å². The number of Topliss-reactive ketones (excluding diaryl/α,β-unsaturated/α-hetero) is 1. The van der Waals surface area contributed by atoms with Crippen molar-refractivity contribution in [3.63, 3.8) is 0 Å². The van der Waals surface area contributed by atoms with Crippen LogP contribution in [-0.2, 0) is 0 Å². The molecular weight excluding hydrogens is 278 g/mol. The number of rotatable bonds is 4. The number of aromatic nitrogens is 1. The number of ketones is 1. The highest BCUT2D eigenvalue weighted by Gasteiger charge is 2.29. The number of thioether (sulfide) groups is 1. The van der Waals surface area contributed by atoms with E-state index in [0.29, 0.717) is 11.3 Å². The normalized spacial score (nSPS) is 23.6. The van der Waals surface area contributed by atoms with E-state index in [4.69, 9.17) is 11.6 Å². The number of nitrogens with zero attached hydrogens (tertiary/aromatic N) is 1. The Balaban J connectivity index is 2.38. The Morgan fingerprint density at radius 2 is 2.11 bits per heavy atom. The SMILES string of the molecule is CSC1CCCCC1n1c(C)cc(C(=O)CCl)c1C. The fraction of sp³-hybridized carbons (Fsp3) is 0.667. The standard InChI is InChI=1S/C15H22ClNOS/c1-10-8-12(14(18)9-16)11(2)17(10)13-6-4-5-7-15(13)19-3/h8,13,15H,4-7,9H2,1-3H3. The summed E-state index contributed by atoms with van der Waals surface area (Å²) in [4.78, 5) is 11.9. The van der Waals surface area contributed by atoms with Crippen LogP contribution < -0.4 is 0 Å². The zero-order valence-electron chi connectivity index (χ0n) is 11.9. The summed E-state index contributed by atoms with van der Waals surface area (Å²) in [5, 5.41) is 0.664. The van der Waals surface area contributed by atoms with Gasteiger partial charge in [-0.3, -0.25) is 4.79 Å². The molecule has 0 saturated heterocycles. The number of halogens is 1. The van der Waals surface area contributed by atoms with Crippen LogP contribution >= 0.6 is 23.4 Å². The molecule has 106 valence electrons. The molecule has 1 heterocycles. The van der Waals surface area contributed by atoms with Crippen molar-refractivity contribution in [2.45, 2.75) is 50.8 Å². The number of carbonyl (C=O) groups is 1. The average Bonchev–Trinajstić information content (AvgIpc) is 2.73. The lowest BCUT2D eigenvalue weighted by Gasteiger charge is -2.33. The van der Waals surface area contributed by atoms with Gasteiger partial charge in [-0.25, -0.2) is 0 Å². The fourth-order valence-electron chi connectivity index (χ4n) is 3.29. The van der Waals surface area contributed by atoms with E-state index in [2.05, 4.69) is 24.7 Å². The topological polar surface area (TPSA) is 22.0 Å². The van der Waals surface area contributed by atoms with Gasteiger partial charge in [-0.2, -0.15) is 11.8 Å². The number of carbonyl (C=O) groups excluding carboxylic acids is 1. The van der Waals surface area contributed by atoms with Crippen molar-refractivity contribution in [2.24, 2.45) is 0 Å². The Hall–Kier alpha value is -0.410. The zero-order valence-corrected chi connectivity index (χ0v) is 13.5. The lowest BCUT2D eigenvalue weighted by Crippen LogP contribution is -2.27. The van der Waals surface area contributed by atoms with Gasteiger partial charge in [0.25, 0.3) is 0 Å². The highest BCUT2D eigenvalue weighted by atomic mass is 35.5. The van der Waals surface area contributed by atoms with Gasteiger partial charge in [0.05, 0.1) is 5.88 Å². The second-order valence-electron chi connectivity index (χ2n) is 5.34. The van der Waals surface area contributed by atoms with Gasteiger partial charge in [0.2, 0.25) is 0 Å². The molecule has 1 saturated carbocycles. The number of hydrogen-bond donors (Lipinski definition) is 0. The highest BCUT2D eigenvalue weighted by Crippen LogP contribution is 2.38. The van der Waals surface area contributed by atoms with E-state index >= 15 is 0 Å². The maximum atomic E-state index is 11.9. The van der Waals surface area contributed by atoms with Crippen LogP contribution in [0, 0.1) is 13.8 Å². The van der Waals surface area contributed by atoms with Gasteiger partial charge in [-0.1, -0.05) is 12.8 Å². The molecule has 1 aromatic heterocycles. The third-order valence-corrected chi connectivity index (χ3v) is 5.61. The van der Waals surface area contributed by atoms with Gasteiger partial charge in [-0.15, -0.1) is 11.6 Å². The Morgan fingerprint density at radius 1 is 1.42 bits per heavy atom. The summed E-state index contributed by atoms with van der Waals surface area (Å²) < 4.78 is 2.38. The Morgan fingerprint density at radius 3 is 2.74 bits per heavy atom. The molecule has 1 aliphatic rings. The summed E-state index contributed by atoms with van der Waals surface area (Å²) in [6.07, 6.45) is 7.31. The number of hydrogen-bond acceptors (Lipinski definition) is 2. The fourth-order valence-corrected chi connectivity index (χ4v) is 4.41. The van der Waals surface area contributed by atoms with Gasteiger partial charge in [0, 0.05) is 28.2 Å². The molecule has 0 bridgehead atoms. The third-order valence-electron chi connectivity index (χ3n) is 4.21. The Kier molecular flexibility index (Phi) is 5.02. The van der Waals surface area contributed by atoms with Gasteiger partial charge in [-0.05, 0) is 39.0 Å². The third kappa shape index (κ3) is 2.87. The zero-order chi connectivity index (χ0) is 14.0. The minimum Gasteiger partial charge on any atom is -0.344 e. The van der Waals surface area contributed by atoms with Gasteiger partial charge in [0.15, 0.2) is 5.78 Å². The first kappa shape index (κ1) is 15.0. The van der Waals surface area contributed by atoms with Gasteiger partial charge in [0.1, 0.15) is 0 Å². The summed E-state index contributed by atoms with van der Waals surface area (Å²) in [5.41, 5.74) is 3.09. The summed E-state index contributed by atoms with van der Waals surface area (Å²) in [6.45, 7) is 4.16. The second kappa shape index (κ2) is 6.36. The molecule has 19 heavy (non-hydrogen) atoms. The van der Waals surface area contributed by atoms with Crippen LogP contribution in [-0.4, -0.2) is 27.7 Å². The van der Waals surface area contributed by atoms with E-state index in [0.717, 1.165) is 11.3 Å². The largest absolute Gasteiger partial charge is 0.344 e.